The van der Waals surface area contributed by atoms with Gasteiger partial charge in [0, 0.05) is 17.8 Å². The van der Waals surface area contributed by atoms with Gasteiger partial charge in [0.25, 0.3) is 5.91 Å². The van der Waals surface area contributed by atoms with Crippen LogP contribution in [-0.4, -0.2) is 15.7 Å². The lowest BCUT2D eigenvalue weighted by molar-refractivity contribution is 0.102. The van der Waals surface area contributed by atoms with Crippen LogP contribution in [0.2, 0.25) is 0 Å². The molecular formula is C23H21N3O. The Bertz CT molecular complexity index is 1070. The van der Waals surface area contributed by atoms with Crippen molar-refractivity contribution in [3.05, 3.63) is 95.7 Å². The molecule has 0 atom stereocenters. The molecule has 4 rings (SSSR count). The van der Waals surface area contributed by atoms with E-state index in [-0.39, 0.29) is 5.91 Å². The predicted octanol–water partition coefficient (Wildman–Crippen LogP) is 4.90. The fourth-order valence-corrected chi connectivity index (χ4v) is 3.20. The van der Waals surface area contributed by atoms with Crippen LogP contribution in [0.5, 0.6) is 0 Å². The van der Waals surface area contributed by atoms with Gasteiger partial charge in [-0.05, 0) is 40.5 Å². The predicted molar refractivity (Wildman–Crippen MR) is 109 cm³/mol. The first-order valence-corrected chi connectivity index (χ1v) is 9.13. The number of aryl methyl sites for hydroxylation is 1. The van der Waals surface area contributed by atoms with E-state index in [0.717, 1.165) is 6.42 Å². The van der Waals surface area contributed by atoms with E-state index in [1.165, 1.54) is 21.9 Å². The van der Waals surface area contributed by atoms with Crippen LogP contribution < -0.4 is 5.32 Å². The third-order valence-electron chi connectivity index (χ3n) is 4.72. The van der Waals surface area contributed by atoms with Crippen LogP contribution in [0, 0.1) is 0 Å². The Kier molecular flexibility index (Phi) is 4.71. The standard InChI is InChI=1S/C23H21N3O/c1-2-17-10-12-19(13-11-17)23(27)24-22-14-15-26(25-22)16-20-8-5-7-18-6-3-4-9-21(18)20/h3-15H,2,16H2,1H3,(H,24,25,27). The van der Waals surface area contributed by atoms with Gasteiger partial charge in [-0.15, -0.1) is 0 Å². The highest BCUT2D eigenvalue weighted by Crippen LogP contribution is 2.19. The van der Waals surface area contributed by atoms with Crippen molar-refractivity contribution in [1.29, 1.82) is 0 Å². The summed E-state index contributed by atoms with van der Waals surface area (Å²) < 4.78 is 1.84. The van der Waals surface area contributed by atoms with E-state index in [9.17, 15) is 4.79 Å². The first-order chi connectivity index (χ1) is 13.2. The summed E-state index contributed by atoms with van der Waals surface area (Å²) in [5, 5.41) is 9.80. The summed E-state index contributed by atoms with van der Waals surface area (Å²) in [5.74, 6) is 0.410. The summed E-state index contributed by atoms with van der Waals surface area (Å²) in [6.45, 7) is 2.75. The van der Waals surface area contributed by atoms with E-state index in [2.05, 4.69) is 47.7 Å². The van der Waals surface area contributed by atoms with E-state index in [4.69, 9.17) is 0 Å². The van der Waals surface area contributed by atoms with Crippen LogP contribution >= 0.6 is 0 Å². The molecule has 27 heavy (non-hydrogen) atoms. The fourth-order valence-electron chi connectivity index (χ4n) is 3.20. The molecule has 0 unspecified atom stereocenters. The van der Waals surface area contributed by atoms with E-state index in [0.29, 0.717) is 17.9 Å². The highest BCUT2D eigenvalue weighted by Gasteiger charge is 2.09. The first kappa shape index (κ1) is 17.0. The minimum Gasteiger partial charge on any atom is -0.305 e. The lowest BCUT2D eigenvalue weighted by Crippen LogP contribution is -2.13. The summed E-state index contributed by atoms with van der Waals surface area (Å²) in [6, 6.07) is 24.1. The minimum atomic E-state index is -0.145. The van der Waals surface area contributed by atoms with Gasteiger partial charge in [0.15, 0.2) is 5.82 Å². The zero-order valence-corrected chi connectivity index (χ0v) is 15.2. The third-order valence-corrected chi connectivity index (χ3v) is 4.72. The molecule has 0 radical (unpaired) electrons. The summed E-state index contributed by atoms with van der Waals surface area (Å²) in [6.07, 6.45) is 2.85. The normalized spacial score (nSPS) is 10.9. The number of carbonyl (C=O) groups excluding carboxylic acids is 1. The summed E-state index contributed by atoms with van der Waals surface area (Å²) in [4.78, 5) is 12.4. The number of rotatable bonds is 5. The summed E-state index contributed by atoms with van der Waals surface area (Å²) >= 11 is 0. The van der Waals surface area contributed by atoms with Gasteiger partial charge in [0.2, 0.25) is 0 Å². The zero-order valence-electron chi connectivity index (χ0n) is 15.2. The molecular weight excluding hydrogens is 334 g/mol. The maximum Gasteiger partial charge on any atom is 0.256 e. The van der Waals surface area contributed by atoms with Gasteiger partial charge in [0.05, 0.1) is 6.54 Å². The second kappa shape index (κ2) is 7.46. The van der Waals surface area contributed by atoms with Crippen molar-refractivity contribution in [2.45, 2.75) is 19.9 Å². The largest absolute Gasteiger partial charge is 0.305 e. The molecule has 4 aromatic rings. The smallest absolute Gasteiger partial charge is 0.256 e. The molecule has 1 N–H and O–H groups in total. The average molecular weight is 355 g/mol. The summed E-state index contributed by atoms with van der Waals surface area (Å²) in [5.41, 5.74) is 3.05. The van der Waals surface area contributed by atoms with E-state index in [1.54, 1.807) is 0 Å². The maximum atomic E-state index is 12.4. The van der Waals surface area contributed by atoms with Crippen molar-refractivity contribution < 1.29 is 4.79 Å². The molecule has 4 heteroatoms. The Hall–Kier alpha value is -3.40. The number of aromatic nitrogens is 2. The van der Waals surface area contributed by atoms with Crippen molar-refractivity contribution >= 4 is 22.5 Å². The first-order valence-electron chi connectivity index (χ1n) is 9.13. The highest BCUT2D eigenvalue weighted by atomic mass is 16.1. The lowest BCUT2D eigenvalue weighted by atomic mass is 10.0. The Morgan fingerprint density at radius 3 is 2.56 bits per heavy atom. The molecule has 4 nitrogen and oxygen atoms in total. The van der Waals surface area contributed by atoms with Gasteiger partial charge in [0.1, 0.15) is 0 Å². The number of benzene rings is 3. The molecule has 1 amide bonds. The fraction of sp³-hybridized carbons (Fsp3) is 0.130. The number of nitrogens with one attached hydrogen (secondary N) is 1. The number of anilines is 1. The molecule has 0 fully saturated rings. The monoisotopic (exact) mass is 355 g/mol. The molecule has 3 aromatic carbocycles. The van der Waals surface area contributed by atoms with Crippen molar-refractivity contribution in [3.63, 3.8) is 0 Å². The Morgan fingerprint density at radius 1 is 0.963 bits per heavy atom. The SMILES string of the molecule is CCc1ccc(C(=O)Nc2ccn(Cc3cccc4ccccc34)n2)cc1. The topological polar surface area (TPSA) is 46.9 Å². The molecule has 0 aliphatic heterocycles. The van der Waals surface area contributed by atoms with E-state index < -0.39 is 0 Å². The van der Waals surface area contributed by atoms with Gasteiger partial charge >= 0.3 is 0 Å². The maximum absolute atomic E-state index is 12.4. The number of hydrogen-bond acceptors (Lipinski definition) is 2. The number of carbonyl (C=O) groups is 1. The molecule has 1 heterocycles. The number of amides is 1. The van der Waals surface area contributed by atoms with Gasteiger partial charge in [-0.25, -0.2) is 0 Å². The van der Waals surface area contributed by atoms with Crippen LogP contribution in [0.3, 0.4) is 0 Å². The van der Waals surface area contributed by atoms with Crippen LogP contribution in [0.25, 0.3) is 10.8 Å². The number of hydrogen-bond donors (Lipinski definition) is 1. The van der Waals surface area contributed by atoms with Gasteiger partial charge in [-0.1, -0.05) is 61.5 Å². The van der Waals surface area contributed by atoms with Gasteiger partial charge < -0.3 is 5.32 Å². The summed E-state index contributed by atoms with van der Waals surface area (Å²) in [7, 11) is 0. The van der Waals surface area contributed by atoms with Gasteiger partial charge in [-0.2, -0.15) is 5.10 Å². The van der Waals surface area contributed by atoms with E-state index >= 15 is 0 Å². The highest BCUT2D eigenvalue weighted by molar-refractivity contribution is 6.03. The Labute approximate surface area is 158 Å². The van der Waals surface area contributed by atoms with Crippen LogP contribution in [0.4, 0.5) is 5.82 Å². The Morgan fingerprint density at radius 2 is 1.74 bits per heavy atom. The number of nitrogens with zero attached hydrogens (tertiary/aromatic N) is 2. The molecule has 0 aliphatic carbocycles. The minimum absolute atomic E-state index is 0.145. The molecule has 0 saturated heterocycles. The molecule has 134 valence electrons. The molecule has 1 aromatic heterocycles. The van der Waals surface area contributed by atoms with Crippen molar-refractivity contribution in [2.24, 2.45) is 0 Å². The molecule has 0 aliphatic rings. The van der Waals surface area contributed by atoms with Crippen molar-refractivity contribution in [2.75, 3.05) is 5.32 Å². The molecule has 0 bridgehead atoms. The second-order valence-electron chi connectivity index (χ2n) is 6.54. The lowest BCUT2D eigenvalue weighted by Gasteiger charge is -2.07. The van der Waals surface area contributed by atoms with Crippen molar-refractivity contribution in [1.82, 2.24) is 9.78 Å². The quantitative estimate of drug-likeness (QED) is 0.553. The van der Waals surface area contributed by atoms with Crippen LogP contribution in [0.1, 0.15) is 28.4 Å². The van der Waals surface area contributed by atoms with E-state index in [1.807, 2.05) is 53.3 Å². The van der Waals surface area contributed by atoms with Crippen LogP contribution in [-0.2, 0) is 13.0 Å². The molecule has 0 saturated carbocycles. The van der Waals surface area contributed by atoms with Crippen molar-refractivity contribution in [3.8, 4) is 0 Å². The average Bonchev–Trinajstić information content (AvgIpc) is 3.15. The second-order valence-corrected chi connectivity index (χ2v) is 6.54. The third kappa shape index (κ3) is 3.75. The van der Waals surface area contributed by atoms with Gasteiger partial charge in [-0.3, -0.25) is 9.48 Å². The zero-order chi connectivity index (χ0) is 18.6. The van der Waals surface area contributed by atoms with Crippen LogP contribution in [0.15, 0.2) is 79.0 Å². The molecule has 0 spiro atoms. The number of fused-ring (bicyclic) bond motifs is 1. The Balaban J connectivity index is 1.49.